The zero-order chi connectivity index (χ0) is 20.4. The van der Waals surface area contributed by atoms with Crippen LogP contribution in [0, 0.1) is 0 Å². The number of thiophene rings is 1. The van der Waals surface area contributed by atoms with Gasteiger partial charge in [0.2, 0.25) is 11.8 Å². The van der Waals surface area contributed by atoms with Crippen molar-refractivity contribution in [3.63, 3.8) is 0 Å². The number of aryl methyl sites for hydroxylation is 2. The molecule has 2 aromatic heterocycles. The van der Waals surface area contributed by atoms with E-state index in [0.717, 1.165) is 48.9 Å². The third kappa shape index (κ3) is 4.35. The van der Waals surface area contributed by atoms with Gasteiger partial charge in [0.1, 0.15) is 4.83 Å². The van der Waals surface area contributed by atoms with Crippen LogP contribution in [0.3, 0.4) is 0 Å². The summed E-state index contributed by atoms with van der Waals surface area (Å²) in [6, 6.07) is 0. The summed E-state index contributed by atoms with van der Waals surface area (Å²) >= 11 is 2.93. The normalized spacial score (nSPS) is 16.4. The lowest BCUT2D eigenvalue weighted by molar-refractivity contribution is -0.127. The van der Waals surface area contributed by atoms with Crippen molar-refractivity contribution in [2.24, 2.45) is 7.05 Å². The molecule has 0 atom stereocenters. The van der Waals surface area contributed by atoms with Crippen LogP contribution >= 0.6 is 23.1 Å². The van der Waals surface area contributed by atoms with Gasteiger partial charge in [-0.15, -0.1) is 11.3 Å². The van der Waals surface area contributed by atoms with E-state index in [4.69, 9.17) is 0 Å². The minimum absolute atomic E-state index is 0.00686. The predicted molar refractivity (Wildman–Crippen MR) is 116 cm³/mol. The molecule has 1 aliphatic carbocycles. The summed E-state index contributed by atoms with van der Waals surface area (Å²) in [5.74, 6) is 0.353. The van der Waals surface area contributed by atoms with Crippen LogP contribution in [0.25, 0.3) is 10.2 Å². The van der Waals surface area contributed by atoms with Crippen molar-refractivity contribution in [3.8, 4) is 0 Å². The van der Waals surface area contributed by atoms with Gasteiger partial charge < -0.3 is 10.2 Å². The molecule has 3 heterocycles. The first-order chi connectivity index (χ1) is 14.0. The molecular weight excluding hydrogens is 408 g/mol. The molecule has 0 unspecified atom stereocenters. The molecule has 1 aliphatic heterocycles. The number of thioether (sulfide) groups is 1. The monoisotopic (exact) mass is 434 g/mol. The zero-order valence-electron chi connectivity index (χ0n) is 16.7. The van der Waals surface area contributed by atoms with E-state index >= 15 is 0 Å². The van der Waals surface area contributed by atoms with Crippen LogP contribution in [0.4, 0.5) is 0 Å². The van der Waals surface area contributed by atoms with E-state index in [1.165, 1.54) is 28.6 Å². The van der Waals surface area contributed by atoms with Crippen LogP contribution in [0.2, 0.25) is 0 Å². The minimum Gasteiger partial charge on any atom is -0.355 e. The van der Waals surface area contributed by atoms with Gasteiger partial charge in [-0.2, -0.15) is 0 Å². The van der Waals surface area contributed by atoms with E-state index in [1.807, 2.05) is 4.90 Å². The molecule has 29 heavy (non-hydrogen) atoms. The van der Waals surface area contributed by atoms with Gasteiger partial charge in [0.05, 0.1) is 11.1 Å². The van der Waals surface area contributed by atoms with Crippen LogP contribution in [-0.4, -0.2) is 51.7 Å². The van der Waals surface area contributed by atoms with Gasteiger partial charge in [-0.05, 0) is 44.1 Å². The Bertz CT molecular complexity index is 998. The van der Waals surface area contributed by atoms with Crippen molar-refractivity contribution in [1.82, 2.24) is 19.8 Å². The van der Waals surface area contributed by atoms with Crippen molar-refractivity contribution < 1.29 is 9.59 Å². The maximum atomic E-state index is 12.9. The van der Waals surface area contributed by atoms with Gasteiger partial charge in [-0.3, -0.25) is 19.0 Å². The van der Waals surface area contributed by atoms with Crippen LogP contribution in [-0.2, 0) is 29.5 Å². The Morgan fingerprint density at radius 1 is 1.21 bits per heavy atom. The minimum atomic E-state index is -0.0810. The first kappa shape index (κ1) is 20.4. The molecule has 0 radical (unpaired) electrons. The zero-order valence-corrected chi connectivity index (χ0v) is 18.3. The lowest BCUT2D eigenvalue weighted by Gasteiger charge is -2.15. The molecule has 0 aromatic carbocycles. The van der Waals surface area contributed by atoms with Crippen LogP contribution in [0.15, 0.2) is 9.95 Å². The molecule has 2 aromatic rings. The highest BCUT2D eigenvalue weighted by atomic mass is 32.2. The van der Waals surface area contributed by atoms with Gasteiger partial charge in [-0.1, -0.05) is 11.8 Å². The van der Waals surface area contributed by atoms with Crippen molar-refractivity contribution in [3.05, 3.63) is 20.8 Å². The third-order valence-corrected chi connectivity index (χ3v) is 7.80. The molecule has 2 aliphatic rings. The fraction of sp³-hybridized carbons (Fsp3) is 0.600. The Kier molecular flexibility index (Phi) is 6.24. The summed E-state index contributed by atoms with van der Waals surface area (Å²) in [7, 11) is 1.73. The second-order valence-corrected chi connectivity index (χ2v) is 9.65. The van der Waals surface area contributed by atoms with Gasteiger partial charge >= 0.3 is 0 Å². The van der Waals surface area contributed by atoms with Gasteiger partial charge in [0, 0.05) is 38.0 Å². The molecule has 7 nitrogen and oxygen atoms in total. The maximum absolute atomic E-state index is 12.9. The van der Waals surface area contributed by atoms with E-state index in [1.54, 1.807) is 23.0 Å². The van der Waals surface area contributed by atoms with E-state index in [2.05, 4.69) is 10.3 Å². The highest BCUT2D eigenvalue weighted by Crippen LogP contribution is 2.34. The second-order valence-electron chi connectivity index (χ2n) is 7.63. The third-order valence-electron chi connectivity index (χ3n) is 5.59. The Hall–Kier alpha value is -1.87. The van der Waals surface area contributed by atoms with Crippen LogP contribution < -0.4 is 10.9 Å². The molecule has 1 fully saturated rings. The number of carbonyl (C=O) groups is 2. The van der Waals surface area contributed by atoms with Gasteiger partial charge in [0.25, 0.3) is 5.56 Å². The van der Waals surface area contributed by atoms with E-state index < -0.39 is 0 Å². The summed E-state index contributed by atoms with van der Waals surface area (Å²) < 4.78 is 1.57. The summed E-state index contributed by atoms with van der Waals surface area (Å²) in [5, 5.41) is 4.25. The van der Waals surface area contributed by atoms with Gasteiger partial charge in [0.15, 0.2) is 5.16 Å². The number of hydrogen-bond acceptors (Lipinski definition) is 6. The average molecular weight is 435 g/mol. The SMILES string of the molecule is Cn1c(SCC(=O)NCCCN2CCCC2=O)nc2sc3c(c2c1=O)CCCC3. The maximum Gasteiger partial charge on any atom is 0.262 e. The quantitative estimate of drug-likeness (QED) is 0.410. The number of likely N-dealkylation sites (tertiary alicyclic amines) is 1. The molecular formula is C20H26N4O3S2. The molecule has 0 saturated carbocycles. The Morgan fingerprint density at radius 3 is 2.83 bits per heavy atom. The molecule has 9 heteroatoms. The standard InChI is InChI=1S/C20H26N4O3S2/c1-23-19(27)17-13-6-2-3-7-14(13)29-18(17)22-20(23)28-12-15(25)21-9-5-11-24-10-4-8-16(24)26/h2-12H2,1H3,(H,21,25). The van der Waals surface area contributed by atoms with Crippen LogP contribution in [0.5, 0.6) is 0 Å². The highest BCUT2D eigenvalue weighted by Gasteiger charge is 2.22. The number of amides is 2. The Morgan fingerprint density at radius 2 is 2.03 bits per heavy atom. The number of rotatable bonds is 7. The number of fused-ring (bicyclic) bond motifs is 3. The molecule has 156 valence electrons. The molecule has 2 amide bonds. The summed E-state index contributed by atoms with van der Waals surface area (Å²) in [5.41, 5.74) is 1.18. The smallest absolute Gasteiger partial charge is 0.262 e. The molecule has 0 spiro atoms. The summed E-state index contributed by atoms with van der Waals surface area (Å²) in [6.45, 7) is 2.07. The predicted octanol–water partition coefficient (Wildman–Crippen LogP) is 2.09. The Balaban J connectivity index is 1.33. The van der Waals surface area contributed by atoms with Crippen molar-refractivity contribution >= 4 is 45.1 Å². The fourth-order valence-corrected chi connectivity index (χ4v) is 6.12. The summed E-state index contributed by atoms with van der Waals surface area (Å²) in [6.07, 6.45) is 6.64. The second kappa shape index (κ2) is 8.87. The fourth-order valence-electron chi connectivity index (χ4n) is 4.02. The van der Waals surface area contributed by atoms with Crippen molar-refractivity contribution in [1.29, 1.82) is 0 Å². The van der Waals surface area contributed by atoms with Gasteiger partial charge in [-0.25, -0.2) is 4.98 Å². The van der Waals surface area contributed by atoms with Crippen molar-refractivity contribution in [2.75, 3.05) is 25.4 Å². The first-order valence-corrected chi connectivity index (χ1v) is 12.0. The first-order valence-electron chi connectivity index (χ1n) is 10.2. The lowest BCUT2D eigenvalue weighted by atomic mass is 9.97. The number of aromatic nitrogens is 2. The Labute approximate surface area is 177 Å². The lowest BCUT2D eigenvalue weighted by Crippen LogP contribution is -2.31. The van der Waals surface area contributed by atoms with E-state index in [0.29, 0.717) is 24.7 Å². The number of hydrogen-bond donors (Lipinski definition) is 1. The molecule has 4 rings (SSSR count). The molecule has 1 N–H and O–H groups in total. The van der Waals surface area contributed by atoms with E-state index in [9.17, 15) is 14.4 Å². The topological polar surface area (TPSA) is 84.3 Å². The largest absolute Gasteiger partial charge is 0.355 e. The summed E-state index contributed by atoms with van der Waals surface area (Å²) in [4.78, 5) is 45.3. The molecule has 1 saturated heterocycles. The van der Waals surface area contributed by atoms with E-state index in [-0.39, 0.29) is 23.1 Å². The average Bonchev–Trinajstić information content (AvgIpc) is 3.29. The number of nitrogens with one attached hydrogen (secondary N) is 1. The highest BCUT2D eigenvalue weighted by molar-refractivity contribution is 7.99. The molecule has 0 bridgehead atoms. The van der Waals surface area contributed by atoms with Crippen molar-refractivity contribution in [2.45, 2.75) is 50.1 Å². The number of nitrogens with zero attached hydrogens (tertiary/aromatic N) is 3. The number of carbonyl (C=O) groups excluding carboxylic acids is 2. The van der Waals surface area contributed by atoms with Crippen LogP contribution in [0.1, 0.15) is 42.5 Å².